The first kappa shape index (κ1) is 11.1. The zero-order valence-corrected chi connectivity index (χ0v) is 9.30. The molecule has 14 heavy (non-hydrogen) atoms. The molecule has 0 spiro atoms. The summed E-state index contributed by atoms with van der Waals surface area (Å²) in [5.41, 5.74) is 9.37. The van der Waals surface area contributed by atoms with E-state index in [-0.39, 0.29) is 0 Å². The number of anilines is 1. The van der Waals surface area contributed by atoms with Gasteiger partial charge in [0.25, 0.3) is 0 Å². The minimum atomic E-state index is 0.523. The summed E-state index contributed by atoms with van der Waals surface area (Å²) in [7, 11) is 0. The molecule has 2 heteroatoms. The van der Waals surface area contributed by atoms with Crippen LogP contribution in [-0.2, 0) is 0 Å². The summed E-state index contributed by atoms with van der Waals surface area (Å²) in [4.78, 5) is 0. The van der Waals surface area contributed by atoms with Crippen molar-refractivity contribution >= 4 is 5.69 Å². The Kier molecular flexibility index (Phi) is 3.96. The molecule has 1 unspecified atom stereocenters. The van der Waals surface area contributed by atoms with Crippen molar-refractivity contribution < 1.29 is 0 Å². The van der Waals surface area contributed by atoms with E-state index in [2.05, 4.69) is 44.3 Å². The Labute approximate surface area is 86.5 Å². The minimum Gasteiger partial charge on any atom is -0.385 e. The predicted octanol–water partition coefficient (Wildman–Crippen LogP) is 2.31. The third-order valence-electron chi connectivity index (χ3n) is 2.44. The number of hydrogen-bond donors (Lipinski definition) is 2. The van der Waals surface area contributed by atoms with E-state index in [1.54, 1.807) is 0 Å². The van der Waals surface area contributed by atoms with Gasteiger partial charge < -0.3 is 11.1 Å². The van der Waals surface area contributed by atoms with Crippen LogP contribution in [0.3, 0.4) is 0 Å². The number of aryl methyl sites for hydroxylation is 2. The van der Waals surface area contributed by atoms with E-state index in [0.29, 0.717) is 5.92 Å². The number of hydrogen-bond acceptors (Lipinski definition) is 2. The second-order valence-electron chi connectivity index (χ2n) is 4.04. The van der Waals surface area contributed by atoms with E-state index < -0.39 is 0 Å². The molecule has 78 valence electrons. The molecule has 0 saturated carbocycles. The number of rotatable bonds is 4. The Morgan fingerprint density at radius 1 is 1.36 bits per heavy atom. The Bertz CT molecular complexity index is 294. The smallest absolute Gasteiger partial charge is 0.0372 e. The Hall–Kier alpha value is -1.02. The maximum atomic E-state index is 5.56. The van der Waals surface area contributed by atoms with Gasteiger partial charge in [0.15, 0.2) is 0 Å². The molecule has 0 aromatic heterocycles. The molecule has 0 heterocycles. The summed E-state index contributed by atoms with van der Waals surface area (Å²) in [5, 5.41) is 3.42. The average molecular weight is 192 g/mol. The number of nitrogens with one attached hydrogen (secondary N) is 1. The molecular formula is C12H20N2. The Morgan fingerprint density at radius 3 is 2.71 bits per heavy atom. The van der Waals surface area contributed by atoms with Crippen LogP contribution in [0.5, 0.6) is 0 Å². The van der Waals surface area contributed by atoms with E-state index in [4.69, 9.17) is 5.73 Å². The van der Waals surface area contributed by atoms with Gasteiger partial charge >= 0.3 is 0 Å². The molecule has 1 atom stereocenters. The molecule has 0 aliphatic rings. The quantitative estimate of drug-likeness (QED) is 0.768. The monoisotopic (exact) mass is 192 g/mol. The van der Waals surface area contributed by atoms with Crippen molar-refractivity contribution in [1.82, 2.24) is 0 Å². The van der Waals surface area contributed by atoms with Crippen LogP contribution in [0.25, 0.3) is 0 Å². The Balaban J connectivity index is 2.62. The topological polar surface area (TPSA) is 38.0 Å². The van der Waals surface area contributed by atoms with Crippen molar-refractivity contribution in [3.8, 4) is 0 Å². The predicted molar refractivity (Wildman–Crippen MR) is 62.6 cm³/mol. The first-order valence-electron chi connectivity index (χ1n) is 5.14. The molecule has 0 fully saturated rings. The van der Waals surface area contributed by atoms with Gasteiger partial charge in [-0.3, -0.25) is 0 Å². The molecule has 0 bridgehead atoms. The van der Waals surface area contributed by atoms with E-state index in [1.165, 1.54) is 16.8 Å². The van der Waals surface area contributed by atoms with Crippen LogP contribution < -0.4 is 11.1 Å². The lowest BCUT2D eigenvalue weighted by Gasteiger charge is -2.13. The van der Waals surface area contributed by atoms with Crippen LogP contribution in [0.2, 0.25) is 0 Å². The SMILES string of the molecule is Cc1ccc(C)c(NCC(C)CN)c1. The first-order chi connectivity index (χ1) is 6.63. The van der Waals surface area contributed by atoms with Crippen LogP contribution in [0.15, 0.2) is 18.2 Å². The van der Waals surface area contributed by atoms with Crippen LogP contribution in [0.1, 0.15) is 18.1 Å². The summed E-state index contributed by atoms with van der Waals surface area (Å²) in [5.74, 6) is 0.523. The molecule has 0 saturated heterocycles. The van der Waals surface area contributed by atoms with Gasteiger partial charge in [-0.2, -0.15) is 0 Å². The fourth-order valence-electron chi connectivity index (χ4n) is 1.29. The van der Waals surface area contributed by atoms with E-state index >= 15 is 0 Å². The second kappa shape index (κ2) is 5.01. The fourth-order valence-corrected chi connectivity index (χ4v) is 1.29. The lowest BCUT2D eigenvalue weighted by atomic mass is 10.1. The summed E-state index contributed by atoms with van der Waals surface area (Å²) in [6.45, 7) is 8.06. The maximum absolute atomic E-state index is 5.56. The summed E-state index contributed by atoms with van der Waals surface area (Å²) < 4.78 is 0. The van der Waals surface area contributed by atoms with Gasteiger partial charge in [-0.05, 0) is 43.5 Å². The fraction of sp³-hybridized carbons (Fsp3) is 0.500. The third-order valence-corrected chi connectivity index (χ3v) is 2.44. The lowest BCUT2D eigenvalue weighted by molar-refractivity contribution is 0.628. The average Bonchev–Trinajstić information content (AvgIpc) is 2.19. The zero-order chi connectivity index (χ0) is 10.6. The van der Waals surface area contributed by atoms with Crippen molar-refractivity contribution in [3.05, 3.63) is 29.3 Å². The van der Waals surface area contributed by atoms with Crippen molar-refractivity contribution in [2.45, 2.75) is 20.8 Å². The van der Waals surface area contributed by atoms with Gasteiger partial charge in [0.1, 0.15) is 0 Å². The highest BCUT2D eigenvalue weighted by molar-refractivity contribution is 5.52. The number of nitrogens with two attached hydrogens (primary N) is 1. The number of benzene rings is 1. The van der Waals surface area contributed by atoms with E-state index in [1.807, 2.05) is 0 Å². The highest BCUT2D eigenvalue weighted by Gasteiger charge is 2.01. The molecule has 2 nitrogen and oxygen atoms in total. The Morgan fingerprint density at radius 2 is 2.07 bits per heavy atom. The van der Waals surface area contributed by atoms with Gasteiger partial charge in [-0.25, -0.2) is 0 Å². The molecule has 0 aliphatic heterocycles. The normalized spacial score (nSPS) is 12.6. The third kappa shape index (κ3) is 3.04. The minimum absolute atomic E-state index is 0.523. The highest BCUT2D eigenvalue weighted by atomic mass is 14.9. The van der Waals surface area contributed by atoms with E-state index in [0.717, 1.165) is 13.1 Å². The van der Waals surface area contributed by atoms with Crippen LogP contribution in [0, 0.1) is 19.8 Å². The standard InChI is InChI=1S/C12H20N2/c1-9-4-5-11(3)12(6-9)14-8-10(2)7-13/h4-6,10,14H,7-8,13H2,1-3H3. The van der Waals surface area contributed by atoms with Crippen molar-refractivity contribution in [2.24, 2.45) is 11.7 Å². The molecule has 0 amide bonds. The molecule has 1 rings (SSSR count). The second-order valence-corrected chi connectivity index (χ2v) is 4.04. The molecule has 0 aliphatic carbocycles. The first-order valence-corrected chi connectivity index (χ1v) is 5.14. The molecule has 3 N–H and O–H groups in total. The maximum Gasteiger partial charge on any atom is 0.0372 e. The van der Waals surface area contributed by atoms with Crippen molar-refractivity contribution in [2.75, 3.05) is 18.4 Å². The zero-order valence-electron chi connectivity index (χ0n) is 9.30. The molecule has 1 aromatic rings. The largest absolute Gasteiger partial charge is 0.385 e. The van der Waals surface area contributed by atoms with Gasteiger partial charge in [0, 0.05) is 12.2 Å². The molecule has 0 radical (unpaired) electrons. The van der Waals surface area contributed by atoms with Gasteiger partial charge in [-0.15, -0.1) is 0 Å². The van der Waals surface area contributed by atoms with Crippen molar-refractivity contribution in [1.29, 1.82) is 0 Å². The lowest BCUT2D eigenvalue weighted by Crippen LogP contribution is -2.20. The highest BCUT2D eigenvalue weighted by Crippen LogP contribution is 2.16. The van der Waals surface area contributed by atoms with Crippen LogP contribution in [0.4, 0.5) is 5.69 Å². The van der Waals surface area contributed by atoms with Crippen LogP contribution >= 0.6 is 0 Å². The summed E-state index contributed by atoms with van der Waals surface area (Å²) in [6, 6.07) is 6.45. The molecule has 1 aromatic carbocycles. The van der Waals surface area contributed by atoms with Gasteiger partial charge in [0.2, 0.25) is 0 Å². The van der Waals surface area contributed by atoms with Crippen molar-refractivity contribution in [3.63, 3.8) is 0 Å². The van der Waals surface area contributed by atoms with E-state index in [9.17, 15) is 0 Å². The van der Waals surface area contributed by atoms with Crippen LogP contribution in [-0.4, -0.2) is 13.1 Å². The van der Waals surface area contributed by atoms with Gasteiger partial charge in [-0.1, -0.05) is 19.1 Å². The summed E-state index contributed by atoms with van der Waals surface area (Å²) in [6.07, 6.45) is 0. The van der Waals surface area contributed by atoms with Gasteiger partial charge in [0.05, 0.1) is 0 Å². The molecular weight excluding hydrogens is 172 g/mol. The summed E-state index contributed by atoms with van der Waals surface area (Å²) >= 11 is 0.